The molecule has 2 heterocycles. The molecule has 2 aliphatic rings. The van der Waals surface area contributed by atoms with Gasteiger partial charge in [0.25, 0.3) is 0 Å². The highest BCUT2D eigenvalue weighted by Crippen LogP contribution is 2.25. The number of rotatable bonds is 5. The third-order valence-electron chi connectivity index (χ3n) is 4.17. The van der Waals surface area contributed by atoms with Gasteiger partial charge in [0.15, 0.2) is 12.6 Å². The fourth-order valence-electron chi connectivity index (χ4n) is 2.64. The molecule has 0 bridgehead atoms. The van der Waals surface area contributed by atoms with Gasteiger partial charge in [-0.15, -0.1) is 0 Å². The van der Waals surface area contributed by atoms with E-state index in [-0.39, 0.29) is 6.61 Å². The summed E-state index contributed by atoms with van der Waals surface area (Å²) in [4.78, 5) is 0. The topological polar surface area (TPSA) is 179 Å². The lowest BCUT2D eigenvalue weighted by atomic mass is 9.99. The Bertz CT molecular complexity index is 356. The lowest BCUT2D eigenvalue weighted by Gasteiger charge is -2.42. The summed E-state index contributed by atoms with van der Waals surface area (Å²) in [5, 5.41) is 67.6. The van der Waals surface area contributed by atoms with Crippen LogP contribution in [0.4, 0.5) is 0 Å². The number of hydrogen-bond acceptors (Lipinski definition) is 11. The molecule has 2 rings (SSSR count). The molecule has 0 amide bonds. The van der Waals surface area contributed by atoms with E-state index in [1.165, 1.54) is 7.11 Å². The molecule has 0 aromatic carbocycles. The van der Waals surface area contributed by atoms with Gasteiger partial charge in [0.2, 0.25) is 0 Å². The SMILES string of the molecule is CO[C@@H]1O[C@H](CO[13C@@H]2O[C@H](CO)[C@H](O)[C@H](O)[C@H]2O)[C@@H](O)[C@H](O)[C@H]1O. The van der Waals surface area contributed by atoms with Crippen LogP contribution >= 0.6 is 0 Å². The Hall–Kier alpha value is -0.440. The first kappa shape index (κ1) is 19.9. The summed E-state index contributed by atoms with van der Waals surface area (Å²) in [6.07, 6.45) is -14.0. The molecule has 0 spiro atoms. The lowest BCUT2D eigenvalue weighted by Crippen LogP contribution is -2.61. The van der Waals surface area contributed by atoms with Crippen molar-refractivity contribution >= 4 is 0 Å². The van der Waals surface area contributed by atoms with E-state index in [1.807, 2.05) is 0 Å². The molecule has 2 saturated heterocycles. The van der Waals surface area contributed by atoms with Crippen LogP contribution < -0.4 is 0 Å². The van der Waals surface area contributed by atoms with E-state index in [2.05, 4.69) is 0 Å². The maximum absolute atomic E-state index is 9.91. The van der Waals surface area contributed by atoms with Crippen molar-refractivity contribution in [2.45, 2.75) is 61.4 Å². The monoisotopic (exact) mass is 357 g/mol. The Morgan fingerprint density at radius 1 is 0.708 bits per heavy atom. The van der Waals surface area contributed by atoms with E-state index in [1.54, 1.807) is 0 Å². The second-order valence-corrected chi connectivity index (χ2v) is 5.78. The van der Waals surface area contributed by atoms with E-state index in [4.69, 9.17) is 24.1 Å². The van der Waals surface area contributed by atoms with Crippen molar-refractivity contribution in [2.24, 2.45) is 0 Å². The number of ether oxygens (including phenoxy) is 4. The van der Waals surface area contributed by atoms with Gasteiger partial charge < -0.3 is 54.7 Å². The van der Waals surface area contributed by atoms with Crippen LogP contribution in [0.2, 0.25) is 0 Å². The fourth-order valence-corrected chi connectivity index (χ4v) is 2.64. The van der Waals surface area contributed by atoms with Crippen LogP contribution in [0.3, 0.4) is 0 Å². The minimum Gasteiger partial charge on any atom is -0.394 e. The van der Waals surface area contributed by atoms with E-state index < -0.39 is 68.0 Å². The number of methoxy groups -OCH3 is 1. The number of hydrogen-bond donors (Lipinski definition) is 7. The van der Waals surface area contributed by atoms with Crippen molar-refractivity contribution in [1.82, 2.24) is 0 Å². The highest BCUT2D eigenvalue weighted by molar-refractivity contribution is 4.91. The Labute approximate surface area is 137 Å². The molecule has 10 atom stereocenters. The van der Waals surface area contributed by atoms with E-state index in [0.717, 1.165) is 0 Å². The van der Waals surface area contributed by atoms with E-state index in [0.29, 0.717) is 0 Å². The predicted molar refractivity (Wildman–Crippen MR) is 73.4 cm³/mol. The summed E-state index contributed by atoms with van der Waals surface area (Å²) in [6, 6.07) is 0. The predicted octanol–water partition coefficient (Wildman–Crippen LogP) is -4.74. The molecule has 7 N–H and O–H groups in total. The van der Waals surface area contributed by atoms with Crippen LogP contribution in [-0.2, 0) is 18.9 Å². The normalized spacial score (nSPS) is 50.0. The summed E-state index contributed by atoms with van der Waals surface area (Å²) < 4.78 is 20.5. The molecule has 0 aromatic heterocycles. The van der Waals surface area contributed by atoms with Crippen molar-refractivity contribution in [1.29, 1.82) is 0 Å². The average Bonchev–Trinajstić information content (AvgIpc) is 2.58. The van der Waals surface area contributed by atoms with Gasteiger partial charge in [-0.25, -0.2) is 0 Å². The fraction of sp³-hybridized carbons (Fsp3) is 1.00. The Kier molecular flexibility index (Phi) is 6.87. The van der Waals surface area contributed by atoms with Gasteiger partial charge in [0.05, 0.1) is 13.2 Å². The van der Waals surface area contributed by atoms with Crippen molar-refractivity contribution < 1.29 is 54.7 Å². The molecular weight excluding hydrogens is 333 g/mol. The van der Waals surface area contributed by atoms with Crippen molar-refractivity contribution in [3.63, 3.8) is 0 Å². The van der Waals surface area contributed by atoms with Crippen LogP contribution in [0.5, 0.6) is 0 Å². The first-order valence-corrected chi connectivity index (χ1v) is 7.46. The molecule has 0 radical (unpaired) electrons. The minimum absolute atomic E-state index is 0.381. The van der Waals surface area contributed by atoms with Crippen LogP contribution in [0.15, 0.2) is 0 Å². The van der Waals surface area contributed by atoms with Gasteiger partial charge in [0, 0.05) is 7.11 Å². The van der Waals surface area contributed by atoms with Gasteiger partial charge in [-0.3, -0.25) is 0 Å². The maximum atomic E-state index is 9.91. The highest BCUT2D eigenvalue weighted by atomic mass is 16.8. The lowest BCUT2D eigenvalue weighted by molar-refractivity contribution is -0.328. The highest BCUT2D eigenvalue weighted by Gasteiger charge is 2.47. The largest absolute Gasteiger partial charge is 0.394 e. The minimum atomic E-state index is -1.60. The molecular formula is C13H24O11. The summed E-state index contributed by atoms with van der Waals surface area (Å²) in [6.45, 7) is -0.989. The summed E-state index contributed by atoms with van der Waals surface area (Å²) >= 11 is 0. The van der Waals surface area contributed by atoms with Crippen LogP contribution in [-0.4, -0.2) is 117 Å². The zero-order valence-electron chi connectivity index (χ0n) is 13.0. The zero-order chi connectivity index (χ0) is 18.0. The van der Waals surface area contributed by atoms with Gasteiger partial charge in [0.1, 0.15) is 48.8 Å². The standard InChI is InChI=1S/C13H24O11/c1-21-12-10(19)9(18)7(16)5(24-12)3-22-13-11(20)8(17)6(15)4(2-14)23-13/h4-20H,2-3H2,1H3/t4-,5-,6+,7-,8+,9+,10-,11-,12-,13-/m1/s1/i13+1. The third-order valence-corrected chi connectivity index (χ3v) is 4.17. The molecule has 0 saturated carbocycles. The van der Waals surface area contributed by atoms with Gasteiger partial charge >= 0.3 is 0 Å². The average molecular weight is 357 g/mol. The maximum Gasteiger partial charge on any atom is 0.186 e. The second kappa shape index (κ2) is 8.29. The van der Waals surface area contributed by atoms with Gasteiger partial charge in [-0.1, -0.05) is 0 Å². The Morgan fingerprint density at radius 3 is 1.75 bits per heavy atom. The van der Waals surface area contributed by atoms with Crippen LogP contribution in [0, 0.1) is 0 Å². The third kappa shape index (κ3) is 3.86. The zero-order valence-corrected chi connectivity index (χ0v) is 13.0. The molecule has 142 valence electrons. The van der Waals surface area contributed by atoms with Gasteiger partial charge in [-0.2, -0.15) is 0 Å². The Balaban J connectivity index is 1.96. The quantitative estimate of drug-likeness (QED) is 0.235. The Morgan fingerprint density at radius 2 is 1.21 bits per heavy atom. The van der Waals surface area contributed by atoms with E-state index >= 15 is 0 Å². The molecule has 24 heavy (non-hydrogen) atoms. The molecule has 11 nitrogen and oxygen atoms in total. The van der Waals surface area contributed by atoms with Crippen LogP contribution in [0.25, 0.3) is 0 Å². The first-order chi connectivity index (χ1) is 11.3. The first-order valence-electron chi connectivity index (χ1n) is 7.46. The van der Waals surface area contributed by atoms with Crippen molar-refractivity contribution in [2.75, 3.05) is 20.3 Å². The molecule has 0 aliphatic carbocycles. The molecule has 0 unspecified atom stereocenters. The number of aliphatic hydroxyl groups is 7. The molecule has 11 heteroatoms. The molecule has 2 aliphatic heterocycles. The van der Waals surface area contributed by atoms with Crippen LogP contribution in [0.1, 0.15) is 0 Å². The van der Waals surface area contributed by atoms with Crippen molar-refractivity contribution in [3.8, 4) is 0 Å². The smallest absolute Gasteiger partial charge is 0.186 e. The number of aliphatic hydroxyl groups excluding tert-OH is 7. The summed E-state index contributed by atoms with van der Waals surface area (Å²) in [5.41, 5.74) is 0. The second-order valence-electron chi connectivity index (χ2n) is 5.78. The van der Waals surface area contributed by atoms with E-state index in [9.17, 15) is 30.6 Å². The molecule has 0 aromatic rings. The summed E-state index contributed by atoms with van der Waals surface area (Å²) in [7, 11) is 1.24. The van der Waals surface area contributed by atoms with Crippen molar-refractivity contribution in [3.05, 3.63) is 0 Å². The summed E-state index contributed by atoms with van der Waals surface area (Å²) in [5.74, 6) is 0. The molecule has 2 fully saturated rings. The van der Waals surface area contributed by atoms with Gasteiger partial charge in [-0.05, 0) is 0 Å².